The summed E-state index contributed by atoms with van der Waals surface area (Å²) in [6.45, 7) is 0. The van der Waals surface area contributed by atoms with Gasteiger partial charge in [0, 0.05) is 17.5 Å². The maximum atomic E-state index is 12.7. The molecular weight excluding hydrogens is 238 g/mol. The highest BCUT2D eigenvalue weighted by molar-refractivity contribution is 6.00. The molecule has 2 aliphatic carbocycles. The molecule has 5 rings (SSSR count). The summed E-state index contributed by atoms with van der Waals surface area (Å²) in [5.41, 5.74) is 0.711. The largest absolute Gasteiger partial charge is 0.326 e. The lowest BCUT2D eigenvalue weighted by atomic mass is 9.63. The number of piperidine rings is 2. The van der Waals surface area contributed by atoms with E-state index in [1.165, 1.54) is 0 Å². The predicted molar refractivity (Wildman–Crippen MR) is 70.6 cm³/mol. The molecule has 1 aromatic rings. The Bertz CT molecular complexity index is 539. The summed E-state index contributed by atoms with van der Waals surface area (Å²) in [6, 6.07) is 9.53. The molecule has 2 heterocycles. The maximum absolute atomic E-state index is 12.7. The Labute approximate surface area is 112 Å². The van der Waals surface area contributed by atoms with E-state index < -0.39 is 0 Å². The van der Waals surface area contributed by atoms with E-state index in [1.807, 2.05) is 35.2 Å². The molecule has 2 saturated carbocycles. The van der Waals surface area contributed by atoms with Gasteiger partial charge in [-0.1, -0.05) is 18.2 Å². The molecule has 4 fully saturated rings. The fourth-order valence-corrected chi connectivity index (χ4v) is 4.30. The molecule has 19 heavy (non-hydrogen) atoms. The van der Waals surface area contributed by atoms with Crippen molar-refractivity contribution in [1.29, 1.82) is 0 Å². The minimum Gasteiger partial charge on any atom is -0.326 e. The van der Waals surface area contributed by atoms with E-state index in [-0.39, 0.29) is 17.9 Å². The number of hydrogen-bond acceptors (Lipinski definition) is 2. The van der Waals surface area contributed by atoms with Crippen molar-refractivity contribution in [1.82, 2.24) is 4.90 Å². The first kappa shape index (κ1) is 11.2. The van der Waals surface area contributed by atoms with Crippen LogP contribution in [0.2, 0.25) is 0 Å². The van der Waals surface area contributed by atoms with Crippen LogP contribution in [0, 0.1) is 11.8 Å². The van der Waals surface area contributed by atoms with Crippen LogP contribution in [0.3, 0.4) is 0 Å². The third kappa shape index (κ3) is 1.57. The van der Waals surface area contributed by atoms with Crippen molar-refractivity contribution in [2.75, 3.05) is 0 Å². The maximum Gasteiger partial charge on any atom is 0.254 e. The number of ketones is 1. The van der Waals surface area contributed by atoms with Crippen molar-refractivity contribution < 1.29 is 9.59 Å². The lowest BCUT2D eigenvalue weighted by Gasteiger charge is -2.55. The normalized spacial score (nSPS) is 35.8. The molecule has 0 spiro atoms. The molecule has 0 aromatic heterocycles. The van der Waals surface area contributed by atoms with Crippen LogP contribution in [0.1, 0.15) is 36.0 Å². The Kier molecular flexibility index (Phi) is 2.32. The van der Waals surface area contributed by atoms with Gasteiger partial charge in [0.25, 0.3) is 5.91 Å². The summed E-state index contributed by atoms with van der Waals surface area (Å²) in [5, 5.41) is 0. The summed E-state index contributed by atoms with van der Waals surface area (Å²) in [7, 11) is 0. The summed E-state index contributed by atoms with van der Waals surface area (Å²) in [6.07, 6.45) is 3.95. The van der Waals surface area contributed by atoms with Gasteiger partial charge in [-0.15, -0.1) is 0 Å². The standard InChI is InChI=1S/C16H17NO2/c18-15-12-6-10-7-13(9-12)17(14(15)8-10)16(19)11-4-2-1-3-5-11/h1-5,10,12-14H,6-9H2. The second kappa shape index (κ2) is 3.92. The van der Waals surface area contributed by atoms with Gasteiger partial charge in [0.05, 0.1) is 6.04 Å². The zero-order chi connectivity index (χ0) is 13.0. The molecule has 3 heteroatoms. The first-order valence-corrected chi connectivity index (χ1v) is 7.15. The van der Waals surface area contributed by atoms with E-state index in [4.69, 9.17) is 0 Å². The van der Waals surface area contributed by atoms with E-state index in [1.54, 1.807) is 0 Å². The zero-order valence-corrected chi connectivity index (χ0v) is 10.8. The number of benzene rings is 1. The average Bonchev–Trinajstić information content (AvgIpc) is 2.44. The minimum absolute atomic E-state index is 0.0442. The lowest BCUT2D eigenvalue weighted by molar-refractivity contribution is -0.144. The van der Waals surface area contributed by atoms with Gasteiger partial charge in [0.1, 0.15) is 0 Å². The van der Waals surface area contributed by atoms with Crippen LogP contribution >= 0.6 is 0 Å². The lowest BCUT2D eigenvalue weighted by Crippen LogP contribution is -2.64. The van der Waals surface area contributed by atoms with Crippen LogP contribution in [-0.2, 0) is 4.79 Å². The molecule has 4 aliphatic rings. The summed E-state index contributed by atoms with van der Waals surface area (Å²) in [5.74, 6) is 1.27. The Morgan fingerprint density at radius 1 is 1.05 bits per heavy atom. The summed E-state index contributed by atoms with van der Waals surface area (Å²) < 4.78 is 0. The molecule has 4 bridgehead atoms. The van der Waals surface area contributed by atoms with E-state index in [0.29, 0.717) is 23.3 Å². The Morgan fingerprint density at radius 2 is 1.84 bits per heavy atom. The number of carbonyl (C=O) groups is 2. The Hall–Kier alpha value is -1.64. The second-order valence-corrected chi connectivity index (χ2v) is 6.16. The second-order valence-electron chi connectivity index (χ2n) is 6.16. The topological polar surface area (TPSA) is 37.4 Å². The van der Waals surface area contributed by atoms with Gasteiger partial charge in [0.2, 0.25) is 0 Å². The van der Waals surface area contributed by atoms with Gasteiger partial charge >= 0.3 is 0 Å². The van der Waals surface area contributed by atoms with Crippen molar-refractivity contribution >= 4 is 11.7 Å². The molecule has 98 valence electrons. The average molecular weight is 255 g/mol. The third-order valence-corrected chi connectivity index (χ3v) is 5.05. The number of amides is 1. The van der Waals surface area contributed by atoms with Crippen LogP contribution < -0.4 is 0 Å². The highest BCUT2D eigenvalue weighted by atomic mass is 16.2. The number of carbonyl (C=O) groups excluding carboxylic acids is 2. The van der Waals surface area contributed by atoms with E-state index in [0.717, 1.165) is 25.7 Å². The van der Waals surface area contributed by atoms with Gasteiger partial charge in [-0.05, 0) is 43.7 Å². The number of nitrogens with zero attached hydrogens (tertiary/aromatic N) is 1. The van der Waals surface area contributed by atoms with Crippen LogP contribution in [0.4, 0.5) is 0 Å². The molecule has 0 radical (unpaired) electrons. The van der Waals surface area contributed by atoms with E-state index in [9.17, 15) is 9.59 Å². The van der Waals surface area contributed by atoms with Gasteiger partial charge in [0.15, 0.2) is 5.78 Å². The number of hydrogen-bond donors (Lipinski definition) is 0. The van der Waals surface area contributed by atoms with Crippen LogP contribution in [0.25, 0.3) is 0 Å². The molecule has 1 amide bonds. The number of Topliss-reactive ketones (excluding diaryl/α,β-unsaturated/α-hetero) is 1. The Morgan fingerprint density at radius 3 is 2.63 bits per heavy atom. The molecule has 4 unspecified atom stereocenters. The van der Waals surface area contributed by atoms with Crippen molar-refractivity contribution in [2.24, 2.45) is 11.8 Å². The van der Waals surface area contributed by atoms with Crippen LogP contribution in [0.15, 0.2) is 30.3 Å². The third-order valence-electron chi connectivity index (χ3n) is 5.05. The fraction of sp³-hybridized carbons (Fsp3) is 0.500. The fourth-order valence-electron chi connectivity index (χ4n) is 4.30. The van der Waals surface area contributed by atoms with Crippen LogP contribution in [0.5, 0.6) is 0 Å². The van der Waals surface area contributed by atoms with Crippen molar-refractivity contribution in [3.8, 4) is 0 Å². The highest BCUT2D eigenvalue weighted by Crippen LogP contribution is 2.47. The minimum atomic E-state index is -0.135. The van der Waals surface area contributed by atoms with Crippen molar-refractivity contribution in [3.63, 3.8) is 0 Å². The van der Waals surface area contributed by atoms with Crippen molar-refractivity contribution in [2.45, 2.75) is 37.8 Å². The smallest absolute Gasteiger partial charge is 0.254 e. The molecule has 0 N–H and O–H groups in total. The molecule has 1 aromatic carbocycles. The molecule has 4 atom stereocenters. The van der Waals surface area contributed by atoms with Gasteiger partial charge < -0.3 is 4.90 Å². The molecule has 2 aliphatic heterocycles. The highest BCUT2D eigenvalue weighted by Gasteiger charge is 2.53. The monoisotopic (exact) mass is 255 g/mol. The SMILES string of the molecule is O=C1C2CC3CC(C2)N(C(=O)c2ccccc2)C1C3. The van der Waals surface area contributed by atoms with Crippen LogP contribution in [-0.4, -0.2) is 28.7 Å². The summed E-state index contributed by atoms with van der Waals surface area (Å²) >= 11 is 0. The first-order chi connectivity index (χ1) is 9.24. The zero-order valence-electron chi connectivity index (χ0n) is 10.8. The van der Waals surface area contributed by atoms with E-state index in [2.05, 4.69) is 0 Å². The van der Waals surface area contributed by atoms with Crippen molar-refractivity contribution in [3.05, 3.63) is 35.9 Å². The summed E-state index contributed by atoms with van der Waals surface area (Å²) in [4.78, 5) is 26.9. The molecule has 3 nitrogen and oxygen atoms in total. The molecular formula is C16H17NO2. The van der Waals surface area contributed by atoms with Gasteiger partial charge in [-0.25, -0.2) is 0 Å². The Balaban J connectivity index is 1.68. The van der Waals surface area contributed by atoms with Gasteiger partial charge in [-0.3, -0.25) is 9.59 Å². The number of rotatable bonds is 1. The molecule has 2 saturated heterocycles. The van der Waals surface area contributed by atoms with Gasteiger partial charge in [-0.2, -0.15) is 0 Å². The first-order valence-electron chi connectivity index (χ1n) is 7.15. The predicted octanol–water partition coefficient (Wildman–Crippen LogP) is 2.27. The quantitative estimate of drug-likeness (QED) is 0.772. The van der Waals surface area contributed by atoms with E-state index >= 15 is 0 Å².